The number of nitrogen functional groups attached to an aromatic ring is 1. The Bertz CT molecular complexity index is 692. The fourth-order valence-corrected chi connectivity index (χ4v) is 1.84. The number of amides is 1. The van der Waals surface area contributed by atoms with Crippen LogP contribution in [0.25, 0.3) is 0 Å². The first-order valence-corrected chi connectivity index (χ1v) is 6.36. The highest BCUT2D eigenvalue weighted by Gasteiger charge is 2.15. The van der Waals surface area contributed by atoms with Crippen molar-refractivity contribution in [2.75, 3.05) is 24.3 Å². The van der Waals surface area contributed by atoms with Gasteiger partial charge in [-0.15, -0.1) is 0 Å². The number of rotatable bonds is 4. The molecule has 0 saturated heterocycles. The number of ether oxygens (including phenoxy) is 1. The van der Waals surface area contributed by atoms with Crippen molar-refractivity contribution in [2.24, 2.45) is 0 Å². The normalized spacial score (nSPS) is 9.71. The zero-order chi connectivity index (χ0) is 15.2. The lowest BCUT2D eigenvalue weighted by Gasteiger charge is -2.19. The van der Waals surface area contributed by atoms with Crippen molar-refractivity contribution in [3.8, 4) is 11.8 Å². The average Bonchev–Trinajstić information content (AvgIpc) is 2.53. The molecule has 0 atom stereocenters. The van der Waals surface area contributed by atoms with E-state index in [1.807, 2.05) is 0 Å². The van der Waals surface area contributed by atoms with Gasteiger partial charge in [-0.3, -0.25) is 4.79 Å². The lowest BCUT2D eigenvalue weighted by molar-refractivity contribution is -0.120. The molecule has 0 heterocycles. The van der Waals surface area contributed by atoms with Gasteiger partial charge in [0.1, 0.15) is 11.8 Å². The SMILES string of the molecule is CN(C(=O)COc1ccccc1N)c1ccccc1C#N. The number of nitriles is 1. The van der Waals surface area contributed by atoms with Crippen LogP contribution in [-0.4, -0.2) is 19.6 Å². The molecule has 0 saturated carbocycles. The van der Waals surface area contributed by atoms with Gasteiger partial charge in [0.15, 0.2) is 6.61 Å². The molecule has 1 amide bonds. The summed E-state index contributed by atoms with van der Waals surface area (Å²) in [5.74, 6) is 0.203. The first kappa shape index (κ1) is 14.4. The summed E-state index contributed by atoms with van der Waals surface area (Å²) in [4.78, 5) is 13.5. The lowest BCUT2D eigenvalue weighted by atomic mass is 10.2. The summed E-state index contributed by atoms with van der Waals surface area (Å²) in [5.41, 5.74) is 7.21. The van der Waals surface area contributed by atoms with E-state index in [1.165, 1.54) is 4.90 Å². The number of carbonyl (C=O) groups is 1. The van der Waals surface area contributed by atoms with E-state index in [9.17, 15) is 4.79 Å². The van der Waals surface area contributed by atoms with Gasteiger partial charge in [-0.1, -0.05) is 24.3 Å². The largest absolute Gasteiger partial charge is 0.482 e. The van der Waals surface area contributed by atoms with Crippen LogP contribution in [-0.2, 0) is 4.79 Å². The van der Waals surface area contributed by atoms with Crippen molar-refractivity contribution < 1.29 is 9.53 Å². The van der Waals surface area contributed by atoms with Gasteiger partial charge in [0.05, 0.1) is 16.9 Å². The number of nitrogens with two attached hydrogens (primary N) is 1. The summed E-state index contributed by atoms with van der Waals surface area (Å²) in [6, 6.07) is 15.9. The predicted octanol–water partition coefficient (Wildman–Crippen LogP) is 2.18. The smallest absolute Gasteiger partial charge is 0.264 e. The molecule has 21 heavy (non-hydrogen) atoms. The molecule has 5 nitrogen and oxygen atoms in total. The zero-order valence-electron chi connectivity index (χ0n) is 11.6. The number of hydrogen-bond donors (Lipinski definition) is 1. The zero-order valence-corrected chi connectivity index (χ0v) is 11.6. The van der Waals surface area contributed by atoms with E-state index < -0.39 is 0 Å². The van der Waals surface area contributed by atoms with Crippen molar-refractivity contribution in [2.45, 2.75) is 0 Å². The number of nitrogens with zero attached hydrogens (tertiary/aromatic N) is 2. The standard InChI is InChI=1S/C16H15N3O2/c1-19(14-8-4-2-6-12(14)10-17)16(20)11-21-15-9-5-3-7-13(15)18/h2-9H,11,18H2,1H3. The number of hydrogen-bond acceptors (Lipinski definition) is 4. The van der Waals surface area contributed by atoms with Gasteiger partial charge in [-0.05, 0) is 24.3 Å². The molecule has 0 bridgehead atoms. The summed E-state index contributed by atoms with van der Waals surface area (Å²) < 4.78 is 5.42. The minimum atomic E-state index is -0.263. The Hall–Kier alpha value is -3.00. The van der Waals surface area contributed by atoms with Crippen molar-refractivity contribution >= 4 is 17.3 Å². The van der Waals surface area contributed by atoms with Crippen molar-refractivity contribution in [1.82, 2.24) is 0 Å². The summed E-state index contributed by atoms with van der Waals surface area (Å²) in [7, 11) is 1.61. The maximum Gasteiger partial charge on any atom is 0.264 e. The molecule has 0 spiro atoms. The molecule has 0 radical (unpaired) electrons. The molecule has 0 aromatic heterocycles. The molecular formula is C16H15N3O2. The Labute approximate surface area is 123 Å². The van der Waals surface area contributed by atoms with Crippen molar-refractivity contribution in [3.05, 3.63) is 54.1 Å². The molecule has 2 rings (SSSR count). The number of anilines is 2. The Morgan fingerprint density at radius 2 is 1.90 bits per heavy atom. The maximum atomic E-state index is 12.1. The van der Waals surface area contributed by atoms with Gasteiger partial charge in [0, 0.05) is 7.05 Å². The highest BCUT2D eigenvalue weighted by molar-refractivity contribution is 5.95. The quantitative estimate of drug-likeness (QED) is 0.871. The van der Waals surface area contributed by atoms with Gasteiger partial charge >= 0.3 is 0 Å². The lowest BCUT2D eigenvalue weighted by Crippen LogP contribution is -2.31. The molecule has 0 aliphatic heterocycles. The molecule has 5 heteroatoms. The van der Waals surface area contributed by atoms with Crippen LogP contribution in [0.15, 0.2) is 48.5 Å². The van der Waals surface area contributed by atoms with Crippen LogP contribution >= 0.6 is 0 Å². The van der Waals surface area contributed by atoms with E-state index in [4.69, 9.17) is 15.7 Å². The third kappa shape index (κ3) is 3.31. The minimum absolute atomic E-state index is 0.148. The molecule has 0 aliphatic carbocycles. The average molecular weight is 281 g/mol. The van der Waals surface area contributed by atoms with E-state index in [0.717, 1.165) is 0 Å². The minimum Gasteiger partial charge on any atom is -0.482 e. The van der Waals surface area contributed by atoms with Gasteiger partial charge in [0.2, 0.25) is 0 Å². The maximum absolute atomic E-state index is 12.1. The van der Waals surface area contributed by atoms with Gasteiger partial charge in [-0.25, -0.2) is 0 Å². The second-order valence-corrected chi connectivity index (χ2v) is 4.41. The molecule has 0 aliphatic rings. The molecule has 2 aromatic carbocycles. The van der Waals surface area contributed by atoms with Crippen LogP contribution in [0, 0.1) is 11.3 Å². The Morgan fingerprint density at radius 3 is 2.62 bits per heavy atom. The van der Waals surface area contributed by atoms with Crippen LogP contribution in [0.3, 0.4) is 0 Å². The van der Waals surface area contributed by atoms with Crippen molar-refractivity contribution in [3.63, 3.8) is 0 Å². The van der Waals surface area contributed by atoms with E-state index in [-0.39, 0.29) is 12.5 Å². The number of benzene rings is 2. The second-order valence-electron chi connectivity index (χ2n) is 4.41. The molecule has 106 valence electrons. The van der Waals surface area contributed by atoms with Crippen LogP contribution in [0.2, 0.25) is 0 Å². The molecule has 2 N–H and O–H groups in total. The van der Waals surface area contributed by atoms with Crippen molar-refractivity contribution in [1.29, 1.82) is 5.26 Å². The van der Waals surface area contributed by atoms with Crippen LogP contribution in [0.1, 0.15) is 5.56 Å². The van der Waals surface area contributed by atoms with Gasteiger partial charge in [0.25, 0.3) is 5.91 Å². The highest BCUT2D eigenvalue weighted by atomic mass is 16.5. The Morgan fingerprint density at radius 1 is 1.24 bits per heavy atom. The van der Waals surface area contributed by atoms with E-state index >= 15 is 0 Å². The van der Waals surface area contributed by atoms with E-state index in [2.05, 4.69) is 6.07 Å². The third-order valence-electron chi connectivity index (χ3n) is 3.03. The number of para-hydroxylation sites is 3. The number of likely N-dealkylation sites (N-methyl/N-ethyl adjacent to an activating group) is 1. The fraction of sp³-hybridized carbons (Fsp3) is 0.125. The third-order valence-corrected chi connectivity index (χ3v) is 3.03. The number of carbonyl (C=O) groups excluding carboxylic acids is 1. The predicted molar refractivity (Wildman–Crippen MR) is 80.9 cm³/mol. The van der Waals surface area contributed by atoms with Crippen LogP contribution in [0.5, 0.6) is 5.75 Å². The summed E-state index contributed by atoms with van der Waals surface area (Å²) in [5, 5.41) is 9.06. The Kier molecular flexibility index (Phi) is 4.42. The summed E-state index contributed by atoms with van der Waals surface area (Å²) in [6.07, 6.45) is 0. The molecule has 2 aromatic rings. The molecule has 0 fully saturated rings. The molecular weight excluding hydrogens is 266 g/mol. The fourth-order valence-electron chi connectivity index (χ4n) is 1.84. The first-order chi connectivity index (χ1) is 10.1. The first-order valence-electron chi connectivity index (χ1n) is 6.36. The summed E-state index contributed by atoms with van der Waals surface area (Å²) >= 11 is 0. The van der Waals surface area contributed by atoms with Crippen LogP contribution in [0.4, 0.5) is 11.4 Å². The molecule has 0 unspecified atom stereocenters. The summed E-state index contributed by atoms with van der Waals surface area (Å²) in [6.45, 7) is -0.148. The van der Waals surface area contributed by atoms with Gasteiger partial charge in [-0.2, -0.15) is 5.26 Å². The highest BCUT2D eigenvalue weighted by Crippen LogP contribution is 2.21. The van der Waals surface area contributed by atoms with E-state index in [1.54, 1.807) is 55.6 Å². The van der Waals surface area contributed by atoms with E-state index in [0.29, 0.717) is 22.7 Å². The van der Waals surface area contributed by atoms with Gasteiger partial charge < -0.3 is 15.4 Å². The topological polar surface area (TPSA) is 79.3 Å². The van der Waals surface area contributed by atoms with Crippen LogP contribution < -0.4 is 15.4 Å². The second kappa shape index (κ2) is 6.44. The monoisotopic (exact) mass is 281 g/mol. The Balaban J connectivity index is 2.07.